The Morgan fingerprint density at radius 3 is 2.83 bits per heavy atom. The molecule has 100 valence electrons. The summed E-state index contributed by atoms with van der Waals surface area (Å²) in [6.45, 7) is 2.18. The molecule has 0 heterocycles. The number of hydrogen-bond donors (Lipinski definition) is 2. The quantitative estimate of drug-likeness (QED) is 0.588. The molecule has 1 aromatic rings. The van der Waals surface area contributed by atoms with Gasteiger partial charge < -0.3 is 10.4 Å². The van der Waals surface area contributed by atoms with E-state index in [2.05, 4.69) is 5.32 Å². The molecule has 5 nitrogen and oxygen atoms in total. The van der Waals surface area contributed by atoms with Crippen molar-refractivity contribution >= 4 is 23.1 Å². The van der Waals surface area contributed by atoms with Crippen molar-refractivity contribution in [3.05, 3.63) is 33.9 Å². The lowest BCUT2D eigenvalue weighted by Crippen LogP contribution is -2.03. The minimum Gasteiger partial charge on any atom is -0.396 e. The Hall–Kier alpha value is -1.27. The van der Waals surface area contributed by atoms with E-state index in [0.717, 1.165) is 17.1 Å². The normalized spacial score (nSPS) is 12.2. The fraction of sp³-hybridized carbons (Fsp3) is 0.500. The van der Waals surface area contributed by atoms with Crippen LogP contribution in [0.4, 0.5) is 11.4 Å². The van der Waals surface area contributed by atoms with Crippen LogP contribution in [0, 0.1) is 16.0 Å². The van der Waals surface area contributed by atoms with Gasteiger partial charge in [0.15, 0.2) is 0 Å². The number of nitro groups is 1. The first kappa shape index (κ1) is 14.8. The molecule has 0 amide bonds. The van der Waals surface area contributed by atoms with Gasteiger partial charge in [-0.15, -0.1) is 0 Å². The standard InChI is InChI=1S/C12H18N2O3S/c1-9(6-15)7-18-8-10-3-4-12(14(16)17)11(5-10)13-2/h3-5,9,13,15H,6-8H2,1-2H3. The van der Waals surface area contributed by atoms with Crippen LogP contribution in [0.5, 0.6) is 0 Å². The van der Waals surface area contributed by atoms with Gasteiger partial charge in [-0.3, -0.25) is 10.1 Å². The summed E-state index contributed by atoms with van der Waals surface area (Å²) in [5.41, 5.74) is 1.67. The van der Waals surface area contributed by atoms with E-state index in [0.29, 0.717) is 5.69 Å². The SMILES string of the molecule is CNc1cc(CSCC(C)CO)ccc1[N+](=O)[O-]. The van der Waals surface area contributed by atoms with Gasteiger partial charge in [0.2, 0.25) is 0 Å². The molecule has 1 rings (SSSR count). The number of benzene rings is 1. The van der Waals surface area contributed by atoms with Crippen molar-refractivity contribution in [1.29, 1.82) is 0 Å². The fourth-order valence-corrected chi connectivity index (χ4v) is 2.50. The fourth-order valence-electron chi connectivity index (χ4n) is 1.46. The largest absolute Gasteiger partial charge is 0.396 e. The van der Waals surface area contributed by atoms with Gasteiger partial charge in [0, 0.05) is 25.5 Å². The molecule has 0 spiro atoms. The molecule has 1 unspecified atom stereocenters. The van der Waals surface area contributed by atoms with Crippen molar-refractivity contribution in [3.8, 4) is 0 Å². The predicted octanol–water partition coefficient (Wildman–Crippen LogP) is 2.50. The smallest absolute Gasteiger partial charge is 0.292 e. The van der Waals surface area contributed by atoms with Crippen molar-refractivity contribution in [2.75, 3.05) is 24.7 Å². The maximum atomic E-state index is 10.8. The lowest BCUT2D eigenvalue weighted by Gasteiger charge is -2.08. The summed E-state index contributed by atoms with van der Waals surface area (Å²) in [4.78, 5) is 10.4. The van der Waals surface area contributed by atoms with E-state index in [1.54, 1.807) is 30.9 Å². The van der Waals surface area contributed by atoms with E-state index in [4.69, 9.17) is 5.11 Å². The molecule has 0 radical (unpaired) electrons. The summed E-state index contributed by atoms with van der Waals surface area (Å²) in [7, 11) is 1.67. The zero-order valence-electron chi connectivity index (χ0n) is 10.5. The Morgan fingerprint density at radius 2 is 2.28 bits per heavy atom. The van der Waals surface area contributed by atoms with E-state index < -0.39 is 4.92 Å². The van der Waals surface area contributed by atoms with Crippen molar-refractivity contribution in [3.63, 3.8) is 0 Å². The molecule has 6 heteroatoms. The highest BCUT2D eigenvalue weighted by Crippen LogP contribution is 2.27. The maximum absolute atomic E-state index is 10.8. The number of anilines is 1. The molecule has 0 saturated carbocycles. The Kier molecular flexibility index (Phi) is 5.94. The molecule has 0 bridgehead atoms. The molecule has 18 heavy (non-hydrogen) atoms. The first-order chi connectivity index (χ1) is 8.58. The Morgan fingerprint density at radius 1 is 1.56 bits per heavy atom. The van der Waals surface area contributed by atoms with E-state index in [1.807, 2.05) is 6.92 Å². The maximum Gasteiger partial charge on any atom is 0.292 e. The lowest BCUT2D eigenvalue weighted by molar-refractivity contribution is -0.383. The topological polar surface area (TPSA) is 75.4 Å². The second kappa shape index (κ2) is 7.23. The Labute approximate surface area is 111 Å². The van der Waals surface area contributed by atoms with Gasteiger partial charge in [0.25, 0.3) is 5.69 Å². The molecule has 2 N–H and O–H groups in total. The summed E-state index contributed by atoms with van der Waals surface area (Å²) in [6, 6.07) is 5.10. The molecular weight excluding hydrogens is 252 g/mol. The molecule has 1 atom stereocenters. The van der Waals surface area contributed by atoms with Gasteiger partial charge in [0.05, 0.1) is 4.92 Å². The highest BCUT2D eigenvalue weighted by molar-refractivity contribution is 7.98. The van der Waals surface area contributed by atoms with E-state index in [-0.39, 0.29) is 18.2 Å². The molecule has 0 aliphatic heterocycles. The number of aliphatic hydroxyl groups is 1. The monoisotopic (exact) mass is 270 g/mol. The number of aliphatic hydroxyl groups excluding tert-OH is 1. The third-order valence-electron chi connectivity index (χ3n) is 2.51. The van der Waals surface area contributed by atoms with Gasteiger partial charge in [-0.25, -0.2) is 0 Å². The minimum atomic E-state index is -0.392. The van der Waals surface area contributed by atoms with E-state index in [1.165, 1.54) is 6.07 Å². The van der Waals surface area contributed by atoms with Crippen LogP contribution >= 0.6 is 11.8 Å². The molecule has 0 saturated heterocycles. The van der Waals surface area contributed by atoms with Crippen LogP contribution in [-0.2, 0) is 5.75 Å². The van der Waals surface area contributed by atoms with Gasteiger partial charge in [0.1, 0.15) is 5.69 Å². The summed E-state index contributed by atoms with van der Waals surface area (Å²) in [6.07, 6.45) is 0. The summed E-state index contributed by atoms with van der Waals surface area (Å²) < 4.78 is 0. The van der Waals surface area contributed by atoms with Crippen LogP contribution in [0.2, 0.25) is 0 Å². The highest BCUT2D eigenvalue weighted by atomic mass is 32.2. The first-order valence-electron chi connectivity index (χ1n) is 5.72. The van der Waals surface area contributed by atoms with Gasteiger partial charge in [-0.1, -0.05) is 13.0 Å². The second-order valence-corrected chi connectivity index (χ2v) is 5.19. The van der Waals surface area contributed by atoms with Crippen LogP contribution in [0.1, 0.15) is 12.5 Å². The van der Waals surface area contributed by atoms with Crippen LogP contribution in [0.25, 0.3) is 0 Å². The highest BCUT2D eigenvalue weighted by Gasteiger charge is 2.12. The predicted molar refractivity (Wildman–Crippen MR) is 75.1 cm³/mol. The molecular formula is C12H18N2O3S. The van der Waals surface area contributed by atoms with Crippen LogP contribution in [0.3, 0.4) is 0 Å². The van der Waals surface area contributed by atoms with Crippen LogP contribution in [0.15, 0.2) is 18.2 Å². The Balaban J connectivity index is 2.65. The first-order valence-corrected chi connectivity index (χ1v) is 6.87. The van der Waals surface area contributed by atoms with Crippen LogP contribution < -0.4 is 5.32 Å². The van der Waals surface area contributed by atoms with Crippen LogP contribution in [-0.4, -0.2) is 29.4 Å². The average molecular weight is 270 g/mol. The molecule has 0 aliphatic rings. The van der Waals surface area contributed by atoms with Crippen molar-refractivity contribution < 1.29 is 10.0 Å². The lowest BCUT2D eigenvalue weighted by atomic mass is 10.2. The van der Waals surface area contributed by atoms with Crippen molar-refractivity contribution in [1.82, 2.24) is 0 Å². The number of nitro benzene ring substituents is 1. The number of nitrogens with zero attached hydrogens (tertiary/aromatic N) is 1. The van der Waals surface area contributed by atoms with Crippen molar-refractivity contribution in [2.45, 2.75) is 12.7 Å². The molecule has 1 aromatic carbocycles. The van der Waals surface area contributed by atoms with E-state index >= 15 is 0 Å². The van der Waals surface area contributed by atoms with Crippen molar-refractivity contribution in [2.24, 2.45) is 5.92 Å². The zero-order valence-corrected chi connectivity index (χ0v) is 11.4. The minimum absolute atomic E-state index is 0.0926. The second-order valence-electron chi connectivity index (χ2n) is 4.16. The van der Waals surface area contributed by atoms with Gasteiger partial charge in [-0.05, 0) is 23.3 Å². The van der Waals surface area contributed by atoms with Gasteiger partial charge >= 0.3 is 0 Å². The zero-order chi connectivity index (χ0) is 13.5. The summed E-state index contributed by atoms with van der Waals surface area (Å²) >= 11 is 1.71. The average Bonchev–Trinajstić information content (AvgIpc) is 2.37. The number of rotatable bonds is 7. The molecule has 0 fully saturated rings. The third kappa shape index (κ3) is 4.19. The molecule has 0 aromatic heterocycles. The number of thioether (sulfide) groups is 1. The number of nitrogens with one attached hydrogen (secondary N) is 1. The van der Waals surface area contributed by atoms with Gasteiger partial charge in [-0.2, -0.15) is 11.8 Å². The number of hydrogen-bond acceptors (Lipinski definition) is 5. The Bertz CT molecular complexity index is 412. The third-order valence-corrected chi connectivity index (χ3v) is 3.85. The van der Waals surface area contributed by atoms with E-state index in [9.17, 15) is 10.1 Å². The summed E-state index contributed by atoms with van der Waals surface area (Å²) in [5, 5.41) is 22.5. The summed E-state index contributed by atoms with van der Waals surface area (Å²) in [5.74, 6) is 1.94. The molecule has 0 aliphatic carbocycles.